The number of aliphatic hydroxyl groups is 1. The van der Waals surface area contributed by atoms with E-state index in [1.54, 1.807) is 0 Å². The molecule has 2 heteroatoms. The van der Waals surface area contributed by atoms with E-state index in [0.717, 1.165) is 36.5 Å². The van der Waals surface area contributed by atoms with Gasteiger partial charge < -0.3 is 9.84 Å². The van der Waals surface area contributed by atoms with Crippen LogP contribution in [0.25, 0.3) is 0 Å². The van der Waals surface area contributed by atoms with Crippen molar-refractivity contribution in [3.63, 3.8) is 0 Å². The summed E-state index contributed by atoms with van der Waals surface area (Å²) in [6, 6.07) is 7.95. The SMILES string of the molecule is CC(C)C1CCCC2(CC(O)c3ccccc3O2)C1. The van der Waals surface area contributed by atoms with Crippen LogP contribution in [0.3, 0.4) is 0 Å². The fraction of sp³-hybridized carbons (Fsp3) is 0.647. The maximum Gasteiger partial charge on any atom is 0.125 e. The van der Waals surface area contributed by atoms with Gasteiger partial charge in [0.05, 0.1) is 6.10 Å². The number of hydrogen-bond acceptors (Lipinski definition) is 2. The molecule has 2 nitrogen and oxygen atoms in total. The van der Waals surface area contributed by atoms with Gasteiger partial charge in [-0.25, -0.2) is 0 Å². The van der Waals surface area contributed by atoms with E-state index in [1.165, 1.54) is 12.8 Å². The molecule has 1 N–H and O–H groups in total. The minimum atomic E-state index is -0.365. The van der Waals surface area contributed by atoms with Crippen molar-refractivity contribution in [2.75, 3.05) is 0 Å². The van der Waals surface area contributed by atoms with Gasteiger partial charge in [0.15, 0.2) is 0 Å². The van der Waals surface area contributed by atoms with E-state index in [-0.39, 0.29) is 11.7 Å². The van der Waals surface area contributed by atoms with Crippen LogP contribution in [0, 0.1) is 11.8 Å². The number of para-hydroxylation sites is 1. The van der Waals surface area contributed by atoms with Crippen molar-refractivity contribution in [1.29, 1.82) is 0 Å². The van der Waals surface area contributed by atoms with Crippen molar-refractivity contribution in [2.45, 2.75) is 57.7 Å². The van der Waals surface area contributed by atoms with E-state index in [9.17, 15) is 5.11 Å². The van der Waals surface area contributed by atoms with Gasteiger partial charge in [-0.1, -0.05) is 32.0 Å². The topological polar surface area (TPSA) is 29.5 Å². The van der Waals surface area contributed by atoms with Gasteiger partial charge in [0.2, 0.25) is 0 Å². The molecule has 1 heterocycles. The molecule has 0 aromatic heterocycles. The number of rotatable bonds is 1. The van der Waals surface area contributed by atoms with Crippen LogP contribution >= 0.6 is 0 Å². The van der Waals surface area contributed by atoms with Crippen molar-refractivity contribution in [3.05, 3.63) is 29.8 Å². The number of ether oxygens (including phenoxy) is 1. The smallest absolute Gasteiger partial charge is 0.125 e. The normalized spacial score (nSPS) is 34.1. The molecule has 1 aliphatic carbocycles. The summed E-state index contributed by atoms with van der Waals surface area (Å²) in [4.78, 5) is 0. The summed E-state index contributed by atoms with van der Waals surface area (Å²) < 4.78 is 6.35. The summed E-state index contributed by atoms with van der Waals surface area (Å²) in [7, 11) is 0. The first kappa shape index (κ1) is 13.0. The summed E-state index contributed by atoms with van der Waals surface area (Å²) in [6.45, 7) is 4.60. The maximum atomic E-state index is 10.4. The van der Waals surface area contributed by atoms with Gasteiger partial charge in [-0.2, -0.15) is 0 Å². The lowest BCUT2D eigenvalue weighted by atomic mass is 9.70. The summed E-state index contributed by atoms with van der Waals surface area (Å²) in [5.41, 5.74) is 0.834. The Labute approximate surface area is 115 Å². The molecule has 1 saturated carbocycles. The fourth-order valence-corrected chi connectivity index (χ4v) is 3.80. The Morgan fingerprint density at radius 2 is 2.05 bits per heavy atom. The van der Waals surface area contributed by atoms with Crippen molar-refractivity contribution < 1.29 is 9.84 Å². The first-order valence-electron chi connectivity index (χ1n) is 7.56. The third-order valence-electron chi connectivity index (χ3n) is 4.95. The molecule has 1 aromatic carbocycles. The maximum absolute atomic E-state index is 10.4. The lowest BCUT2D eigenvalue weighted by molar-refractivity contribution is -0.0572. The highest BCUT2D eigenvalue weighted by Crippen LogP contribution is 2.48. The number of benzene rings is 1. The van der Waals surface area contributed by atoms with Crippen molar-refractivity contribution in [3.8, 4) is 5.75 Å². The van der Waals surface area contributed by atoms with E-state index >= 15 is 0 Å². The third kappa shape index (κ3) is 2.38. The summed E-state index contributed by atoms with van der Waals surface area (Å²) in [6.07, 6.45) is 5.10. The first-order valence-corrected chi connectivity index (χ1v) is 7.56. The fourth-order valence-electron chi connectivity index (χ4n) is 3.80. The number of hydrogen-bond donors (Lipinski definition) is 1. The second-order valence-electron chi connectivity index (χ2n) is 6.64. The Morgan fingerprint density at radius 1 is 1.26 bits per heavy atom. The monoisotopic (exact) mass is 260 g/mol. The second-order valence-corrected chi connectivity index (χ2v) is 6.64. The molecule has 0 amide bonds. The predicted molar refractivity (Wildman–Crippen MR) is 76.2 cm³/mol. The summed E-state index contributed by atoms with van der Waals surface area (Å²) in [5.74, 6) is 2.33. The molecule has 1 fully saturated rings. The minimum Gasteiger partial charge on any atom is -0.487 e. The first-order chi connectivity index (χ1) is 9.10. The molecule has 3 unspecified atom stereocenters. The second kappa shape index (κ2) is 4.82. The van der Waals surface area contributed by atoms with Gasteiger partial charge >= 0.3 is 0 Å². The molecule has 0 radical (unpaired) electrons. The molecule has 3 atom stereocenters. The van der Waals surface area contributed by atoms with E-state index in [0.29, 0.717) is 5.92 Å². The quantitative estimate of drug-likeness (QED) is 0.824. The predicted octanol–water partition coefficient (Wildman–Crippen LogP) is 4.09. The van der Waals surface area contributed by atoms with Crippen molar-refractivity contribution in [2.24, 2.45) is 11.8 Å². The number of aliphatic hydroxyl groups excluding tert-OH is 1. The van der Waals surface area contributed by atoms with Crippen LogP contribution in [0.1, 0.15) is 57.6 Å². The average molecular weight is 260 g/mol. The molecule has 104 valence electrons. The van der Waals surface area contributed by atoms with Crippen molar-refractivity contribution >= 4 is 0 Å². The van der Waals surface area contributed by atoms with Crippen LogP contribution in [0.2, 0.25) is 0 Å². The zero-order valence-corrected chi connectivity index (χ0v) is 11.9. The van der Waals surface area contributed by atoms with Gasteiger partial charge in [0.25, 0.3) is 0 Å². The highest BCUT2D eigenvalue weighted by atomic mass is 16.5. The lowest BCUT2D eigenvalue weighted by Gasteiger charge is -2.46. The van der Waals surface area contributed by atoms with Gasteiger partial charge in [-0.3, -0.25) is 0 Å². The Balaban J connectivity index is 1.87. The highest BCUT2D eigenvalue weighted by Gasteiger charge is 2.44. The van der Waals surface area contributed by atoms with E-state index in [4.69, 9.17) is 4.74 Å². The van der Waals surface area contributed by atoms with E-state index in [2.05, 4.69) is 13.8 Å². The Bertz CT molecular complexity index is 454. The van der Waals surface area contributed by atoms with Gasteiger partial charge in [0.1, 0.15) is 11.4 Å². The summed E-state index contributed by atoms with van der Waals surface area (Å²) in [5, 5.41) is 10.4. The van der Waals surface area contributed by atoms with Gasteiger partial charge in [-0.15, -0.1) is 0 Å². The van der Waals surface area contributed by atoms with Gasteiger partial charge in [0, 0.05) is 12.0 Å². The Morgan fingerprint density at radius 3 is 2.84 bits per heavy atom. The molecule has 1 aliphatic heterocycles. The van der Waals surface area contributed by atoms with E-state index in [1.807, 2.05) is 24.3 Å². The largest absolute Gasteiger partial charge is 0.487 e. The zero-order chi connectivity index (χ0) is 13.5. The average Bonchev–Trinajstić information content (AvgIpc) is 2.38. The van der Waals surface area contributed by atoms with Crippen molar-refractivity contribution in [1.82, 2.24) is 0 Å². The van der Waals surface area contributed by atoms with Crippen LogP contribution in [0.15, 0.2) is 24.3 Å². The molecule has 1 aromatic rings. The molecule has 2 aliphatic rings. The molecular formula is C17H24O2. The molecule has 0 saturated heterocycles. The number of fused-ring (bicyclic) bond motifs is 1. The molecule has 1 spiro atoms. The van der Waals surface area contributed by atoms with Crippen LogP contribution in [-0.4, -0.2) is 10.7 Å². The third-order valence-corrected chi connectivity index (χ3v) is 4.95. The molecule has 3 rings (SSSR count). The van der Waals surface area contributed by atoms with Crippen LogP contribution in [-0.2, 0) is 0 Å². The van der Waals surface area contributed by atoms with Crippen LogP contribution in [0.5, 0.6) is 5.75 Å². The Kier molecular flexibility index (Phi) is 3.30. The zero-order valence-electron chi connectivity index (χ0n) is 11.9. The van der Waals surface area contributed by atoms with Crippen LogP contribution < -0.4 is 4.74 Å². The molecular weight excluding hydrogens is 236 g/mol. The summed E-state index contributed by atoms with van der Waals surface area (Å²) >= 11 is 0. The van der Waals surface area contributed by atoms with Crippen LogP contribution in [0.4, 0.5) is 0 Å². The molecule has 0 bridgehead atoms. The Hall–Kier alpha value is -1.02. The molecule has 19 heavy (non-hydrogen) atoms. The van der Waals surface area contributed by atoms with Gasteiger partial charge in [-0.05, 0) is 43.6 Å². The highest BCUT2D eigenvalue weighted by molar-refractivity contribution is 5.38. The van der Waals surface area contributed by atoms with E-state index < -0.39 is 0 Å². The minimum absolute atomic E-state index is 0.124. The standard InChI is InChI=1S/C17H24O2/c1-12(2)13-6-5-9-17(10-13)11-15(18)14-7-3-4-8-16(14)19-17/h3-4,7-8,12-13,15,18H,5-6,9-11H2,1-2H3. The lowest BCUT2D eigenvalue weighted by Crippen LogP contribution is -2.45.